The summed E-state index contributed by atoms with van der Waals surface area (Å²) < 4.78 is 95.7. The van der Waals surface area contributed by atoms with E-state index in [9.17, 15) is 10.2 Å². The molecule has 0 spiro atoms. The SMILES string of the molecule is [2H]C([2H])([2H])C(O)(CC(CC(O)(C([2H])([2H])[2H])C([2H])([2H])[2H])c1ccc(OC)cc1)C([2H])([2H])[2H]. The summed E-state index contributed by atoms with van der Waals surface area (Å²) in [5, 5.41) is 21.4. The summed E-state index contributed by atoms with van der Waals surface area (Å²) >= 11 is 0. The maximum Gasteiger partial charge on any atom is 0.118 e. The minimum Gasteiger partial charge on any atom is -0.497 e. The van der Waals surface area contributed by atoms with E-state index in [1.54, 1.807) is 0 Å². The zero-order valence-electron chi connectivity index (χ0n) is 22.6. The molecule has 0 radical (unpaired) electrons. The van der Waals surface area contributed by atoms with E-state index in [0.29, 0.717) is 5.75 Å². The molecule has 1 aromatic rings. The van der Waals surface area contributed by atoms with Crippen LogP contribution in [0.1, 0.15) is 68.2 Å². The Morgan fingerprint density at radius 1 is 1.05 bits per heavy atom. The number of methoxy groups -OCH3 is 1. The van der Waals surface area contributed by atoms with Crippen LogP contribution in [0.25, 0.3) is 0 Å². The highest BCUT2D eigenvalue weighted by Gasteiger charge is 2.27. The molecule has 0 aromatic heterocycles. The van der Waals surface area contributed by atoms with Crippen LogP contribution in [0.2, 0.25) is 0 Å². The van der Waals surface area contributed by atoms with Crippen LogP contribution in [0, 0.1) is 0 Å². The van der Waals surface area contributed by atoms with Crippen LogP contribution in [0.3, 0.4) is 0 Å². The second-order valence-electron chi connectivity index (χ2n) is 4.60. The minimum atomic E-state index is -3.42. The molecule has 1 aromatic carbocycles. The molecule has 2 N–H and O–H groups in total. The van der Waals surface area contributed by atoms with Gasteiger partial charge in [-0.25, -0.2) is 0 Å². The highest BCUT2D eigenvalue weighted by molar-refractivity contribution is 5.29. The molecule has 0 fully saturated rings. The molecular formula is C16H26O3. The molecule has 108 valence electrons. The van der Waals surface area contributed by atoms with Crippen molar-refractivity contribution in [1.29, 1.82) is 0 Å². The van der Waals surface area contributed by atoms with Gasteiger partial charge in [-0.3, -0.25) is 0 Å². The zero-order valence-corrected chi connectivity index (χ0v) is 10.6. The maximum absolute atomic E-state index is 10.7. The van der Waals surface area contributed by atoms with Gasteiger partial charge in [-0.1, -0.05) is 12.1 Å². The Kier molecular flexibility index (Phi) is 1.79. The van der Waals surface area contributed by atoms with Crippen LogP contribution >= 0.6 is 0 Å². The smallest absolute Gasteiger partial charge is 0.118 e. The lowest BCUT2D eigenvalue weighted by Crippen LogP contribution is -2.28. The van der Waals surface area contributed by atoms with Crippen LogP contribution in [0.5, 0.6) is 5.75 Å². The van der Waals surface area contributed by atoms with Crippen molar-refractivity contribution in [3.05, 3.63) is 29.8 Å². The summed E-state index contributed by atoms with van der Waals surface area (Å²) in [4.78, 5) is 0. The Labute approximate surface area is 133 Å². The highest BCUT2D eigenvalue weighted by atomic mass is 16.5. The number of hydrogen-bond acceptors (Lipinski definition) is 3. The van der Waals surface area contributed by atoms with Crippen molar-refractivity contribution >= 4 is 0 Å². The molecule has 0 heterocycles. The van der Waals surface area contributed by atoms with Gasteiger partial charge in [-0.15, -0.1) is 0 Å². The number of hydrogen-bond donors (Lipinski definition) is 2. The van der Waals surface area contributed by atoms with Gasteiger partial charge >= 0.3 is 0 Å². The molecule has 3 nitrogen and oxygen atoms in total. The fourth-order valence-electron chi connectivity index (χ4n) is 1.90. The predicted octanol–water partition coefficient (Wildman–Crippen LogP) is 3.10. The van der Waals surface area contributed by atoms with Crippen molar-refractivity contribution in [2.24, 2.45) is 0 Å². The van der Waals surface area contributed by atoms with Crippen LogP contribution in [-0.4, -0.2) is 28.5 Å². The van der Waals surface area contributed by atoms with Crippen molar-refractivity contribution in [2.45, 2.75) is 57.4 Å². The van der Waals surface area contributed by atoms with Crippen LogP contribution in [0.15, 0.2) is 24.3 Å². The van der Waals surface area contributed by atoms with Gasteiger partial charge in [0.1, 0.15) is 5.75 Å². The first-order valence-electron chi connectivity index (χ1n) is 11.7. The van der Waals surface area contributed by atoms with E-state index in [2.05, 4.69) is 0 Å². The maximum atomic E-state index is 10.7. The summed E-state index contributed by atoms with van der Waals surface area (Å²) in [7, 11) is 1.37. The summed E-state index contributed by atoms with van der Waals surface area (Å²) in [6.45, 7) is -13.7. The van der Waals surface area contributed by atoms with E-state index in [-0.39, 0.29) is 5.56 Å². The Morgan fingerprint density at radius 2 is 1.53 bits per heavy atom. The van der Waals surface area contributed by atoms with E-state index in [4.69, 9.17) is 21.2 Å². The third-order valence-corrected chi connectivity index (χ3v) is 2.67. The van der Waals surface area contributed by atoms with Gasteiger partial charge in [0.25, 0.3) is 0 Å². The van der Waals surface area contributed by atoms with E-state index >= 15 is 0 Å². The molecule has 0 aliphatic heterocycles. The molecule has 0 amide bonds. The fourth-order valence-corrected chi connectivity index (χ4v) is 1.90. The average Bonchev–Trinajstić information content (AvgIpc) is 2.57. The lowest BCUT2D eigenvalue weighted by atomic mass is 9.81. The Balaban J connectivity index is 3.65. The molecule has 0 saturated carbocycles. The van der Waals surface area contributed by atoms with E-state index in [0.717, 1.165) is 0 Å². The lowest BCUT2D eigenvalue weighted by Gasteiger charge is -2.30. The van der Waals surface area contributed by atoms with Gasteiger partial charge in [-0.05, 0) is 63.9 Å². The second-order valence-corrected chi connectivity index (χ2v) is 4.60. The Bertz CT molecular complexity index is 663. The van der Waals surface area contributed by atoms with Crippen molar-refractivity contribution in [3.8, 4) is 5.75 Å². The van der Waals surface area contributed by atoms with Crippen molar-refractivity contribution in [1.82, 2.24) is 0 Å². The summed E-state index contributed by atoms with van der Waals surface area (Å²) in [6.07, 6.45) is -2.11. The van der Waals surface area contributed by atoms with Gasteiger partial charge in [-0.2, -0.15) is 0 Å². The summed E-state index contributed by atoms with van der Waals surface area (Å²) in [5.74, 6) is -1.09. The molecule has 0 unspecified atom stereocenters. The van der Waals surface area contributed by atoms with E-state index in [1.165, 1.54) is 31.4 Å². The Hall–Kier alpha value is -1.06. The first-order valence-corrected chi connectivity index (χ1v) is 5.69. The molecule has 3 heteroatoms. The first kappa shape index (κ1) is 5.74. The van der Waals surface area contributed by atoms with Crippen molar-refractivity contribution in [2.75, 3.05) is 7.11 Å². The summed E-state index contributed by atoms with van der Waals surface area (Å²) in [6, 6.07) is 5.52. The first-order chi connectivity index (χ1) is 13.6. The topological polar surface area (TPSA) is 49.7 Å². The molecule has 0 aliphatic rings. The fraction of sp³-hybridized carbons (Fsp3) is 0.625. The highest BCUT2D eigenvalue weighted by Crippen LogP contribution is 2.33. The van der Waals surface area contributed by atoms with E-state index < -0.39 is 57.4 Å². The Morgan fingerprint density at radius 3 is 1.89 bits per heavy atom. The third kappa shape index (κ3) is 6.08. The molecule has 1 rings (SSSR count). The molecule has 0 aliphatic carbocycles. The molecular weight excluding hydrogens is 240 g/mol. The van der Waals surface area contributed by atoms with Gasteiger partial charge in [0.15, 0.2) is 0 Å². The third-order valence-electron chi connectivity index (χ3n) is 2.67. The van der Waals surface area contributed by atoms with Gasteiger partial charge in [0.2, 0.25) is 0 Å². The second kappa shape index (κ2) is 5.93. The predicted molar refractivity (Wildman–Crippen MR) is 77.6 cm³/mol. The van der Waals surface area contributed by atoms with Crippen LogP contribution in [0.4, 0.5) is 0 Å². The van der Waals surface area contributed by atoms with E-state index in [1.807, 2.05) is 0 Å². The molecule has 0 saturated heterocycles. The van der Waals surface area contributed by atoms with Gasteiger partial charge < -0.3 is 14.9 Å². The normalized spacial score (nSPS) is 24.8. The summed E-state index contributed by atoms with van der Waals surface area (Å²) in [5.41, 5.74) is -6.47. The monoisotopic (exact) mass is 278 g/mol. The van der Waals surface area contributed by atoms with Crippen molar-refractivity contribution < 1.29 is 31.4 Å². The average molecular weight is 278 g/mol. The van der Waals surface area contributed by atoms with Crippen molar-refractivity contribution in [3.63, 3.8) is 0 Å². The number of rotatable bonds is 6. The van der Waals surface area contributed by atoms with Gasteiger partial charge in [0, 0.05) is 16.4 Å². The number of ether oxygens (including phenoxy) is 1. The molecule has 19 heavy (non-hydrogen) atoms. The minimum absolute atomic E-state index is 0.125. The largest absolute Gasteiger partial charge is 0.497 e. The quantitative estimate of drug-likeness (QED) is 0.840. The zero-order chi connectivity index (χ0) is 24.7. The number of benzene rings is 1. The number of aliphatic hydroxyl groups is 2. The standard InChI is InChI=1S/C16H26O3/c1-15(2,17)10-13(11-16(3,4)18)12-6-8-14(19-5)9-7-12/h6-9,13,17-18H,10-11H2,1-5H3/i1D3,2D3,3D3,4D3. The lowest BCUT2D eigenvalue weighted by molar-refractivity contribution is 0.0312. The van der Waals surface area contributed by atoms with Crippen LogP contribution in [-0.2, 0) is 0 Å². The van der Waals surface area contributed by atoms with Gasteiger partial charge in [0.05, 0.1) is 18.3 Å². The molecule has 0 atom stereocenters. The van der Waals surface area contributed by atoms with Crippen LogP contribution < -0.4 is 4.74 Å². The molecule has 0 bridgehead atoms.